The van der Waals surface area contributed by atoms with Crippen LogP contribution in [0.15, 0.2) is 22.8 Å². The molecule has 1 aromatic carbocycles. The highest BCUT2D eigenvalue weighted by molar-refractivity contribution is 9.10. The highest BCUT2D eigenvalue weighted by atomic mass is 79.9. The number of fused-ring (bicyclic) bond motifs is 1. The van der Waals surface area contributed by atoms with Crippen LogP contribution in [0.5, 0.6) is 5.75 Å². The third kappa shape index (κ3) is 1.33. The highest BCUT2D eigenvalue weighted by Gasteiger charge is 2.05. The van der Waals surface area contributed by atoms with Gasteiger partial charge in [0.2, 0.25) is 0 Å². The molecule has 0 amide bonds. The molecule has 68 valence electrons. The summed E-state index contributed by atoms with van der Waals surface area (Å²) in [5, 5.41) is 1.23. The number of aromatic amines is 1. The largest absolute Gasteiger partial charge is 0.495 e. The van der Waals surface area contributed by atoms with Gasteiger partial charge in [-0.15, -0.1) is 0 Å². The number of hydrogen-bond donors (Lipinski definition) is 1. The van der Waals surface area contributed by atoms with E-state index >= 15 is 0 Å². The van der Waals surface area contributed by atoms with Gasteiger partial charge in [0.25, 0.3) is 0 Å². The number of ether oxygens (including phenoxy) is 1. The van der Waals surface area contributed by atoms with Gasteiger partial charge >= 0.3 is 0 Å². The monoisotopic (exact) mass is 239 g/mol. The number of benzene rings is 1. The summed E-state index contributed by atoms with van der Waals surface area (Å²) in [6.07, 6.45) is 2.00. The second kappa shape index (κ2) is 3.07. The number of nitrogens with one attached hydrogen (secondary N) is 1. The molecular weight excluding hydrogens is 230 g/mol. The molecule has 0 unspecified atom stereocenters. The van der Waals surface area contributed by atoms with Crippen molar-refractivity contribution in [1.29, 1.82) is 0 Å². The van der Waals surface area contributed by atoms with Crippen LogP contribution in [0.25, 0.3) is 10.9 Å². The van der Waals surface area contributed by atoms with Crippen LogP contribution in [0.4, 0.5) is 0 Å². The van der Waals surface area contributed by atoms with Crippen LogP contribution < -0.4 is 4.74 Å². The van der Waals surface area contributed by atoms with Crippen molar-refractivity contribution in [3.63, 3.8) is 0 Å². The average molecular weight is 240 g/mol. The van der Waals surface area contributed by atoms with Crippen molar-refractivity contribution in [2.75, 3.05) is 7.11 Å². The van der Waals surface area contributed by atoms with Crippen molar-refractivity contribution in [3.8, 4) is 5.75 Å². The first-order valence-corrected chi connectivity index (χ1v) is 4.83. The van der Waals surface area contributed by atoms with Crippen LogP contribution in [0, 0.1) is 6.92 Å². The Morgan fingerprint density at radius 3 is 2.85 bits per heavy atom. The Bertz CT molecular complexity index is 447. The lowest BCUT2D eigenvalue weighted by Gasteiger charge is -2.02. The molecule has 0 bridgehead atoms. The smallest absolute Gasteiger partial charge is 0.135 e. The van der Waals surface area contributed by atoms with Gasteiger partial charge in [-0.05, 0) is 34.5 Å². The molecule has 0 aliphatic carbocycles. The molecule has 1 heterocycles. The molecule has 3 heteroatoms. The maximum Gasteiger partial charge on any atom is 0.135 e. The van der Waals surface area contributed by atoms with E-state index in [0.717, 1.165) is 15.7 Å². The molecule has 0 saturated heterocycles. The minimum atomic E-state index is 0.856. The molecule has 1 N–H and O–H groups in total. The lowest BCUT2D eigenvalue weighted by Crippen LogP contribution is -1.84. The van der Waals surface area contributed by atoms with Gasteiger partial charge in [-0.3, -0.25) is 0 Å². The Kier molecular flexibility index (Phi) is 2.04. The maximum absolute atomic E-state index is 5.20. The molecule has 0 saturated carbocycles. The number of methoxy groups -OCH3 is 1. The first kappa shape index (κ1) is 8.63. The summed E-state index contributed by atoms with van der Waals surface area (Å²) >= 11 is 3.46. The van der Waals surface area contributed by atoms with E-state index in [1.807, 2.05) is 12.3 Å². The summed E-state index contributed by atoms with van der Waals surface area (Å²) in [6, 6.07) is 4.06. The summed E-state index contributed by atoms with van der Waals surface area (Å²) in [5.41, 5.74) is 2.36. The van der Waals surface area contributed by atoms with E-state index in [9.17, 15) is 0 Å². The molecule has 0 atom stereocenters. The summed E-state index contributed by atoms with van der Waals surface area (Å²) < 4.78 is 6.19. The molecule has 1 aromatic heterocycles. The Morgan fingerprint density at radius 1 is 1.38 bits per heavy atom. The van der Waals surface area contributed by atoms with Gasteiger partial charge in [-0.1, -0.05) is 0 Å². The Morgan fingerprint density at radius 2 is 2.15 bits per heavy atom. The molecule has 2 nitrogen and oxygen atoms in total. The van der Waals surface area contributed by atoms with Crippen molar-refractivity contribution >= 4 is 26.8 Å². The number of halogens is 1. The molecule has 13 heavy (non-hydrogen) atoms. The normalized spacial score (nSPS) is 10.7. The highest BCUT2D eigenvalue weighted by Crippen LogP contribution is 2.31. The quantitative estimate of drug-likeness (QED) is 0.813. The second-order valence-electron chi connectivity index (χ2n) is 3.00. The zero-order valence-corrected chi connectivity index (χ0v) is 9.10. The Labute approximate surface area is 85.0 Å². The van der Waals surface area contributed by atoms with Gasteiger partial charge in [-0.2, -0.15) is 0 Å². The fourth-order valence-corrected chi connectivity index (χ4v) is 1.92. The van der Waals surface area contributed by atoms with Crippen LogP contribution in [-0.4, -0.2) is 12.1 Å². The van der Waals surface area contributed by atoms with Gasteiger partial charge in [0.15, 0.2) is 0 Å². The predicted molar refractivity (Wildman–Crippen MR) is 57.3 cm³/mol. The fraction of sp³-hybridized carbons (Fsp3) is 0.200. The van der Waals surface area contributed by atoms with Crippen LogP contribution in [0.1, 0.15) is 5.56 Å². The number of H-pyrrole nitrogens is 1. The lowest BCUT2D eigenvalue weighted by atomic mass is 10.2. The van der Waals surface area contributed by atoms with E-state index < -0.39 is 0 Å². The van der Waals surface area contributed by atoms with Crippen LogP contribution >= 0.6 is 15.9 Å². The fourth-order valence-electron chi connectivity index (χ4n) is 1.42. The van der Waals surface area contributed by atoms with Crippen molar-refractivity contribution in [1.82, 2.24) is 4.98 Å². The van der Waals surface area contributed by atoms with E-state index in [4.69, 9.17) is 4.74 Å². The van der Waals surface area contributed by atoms with Gasteiger partial charge < -0.3 is 9.72 Å². The van der Waals surface area contributed by atoms with Crippen LogP contribution in [0.2, 0.25) is 0 Å². The Balaban J connectivity index is 2.76. The van der Waals surface area contributed by atoms with E-state index in [1.54, 1.807) is 7.11 Å². The maximum atomic E-state index is 5.20. The summed E-state index contributed by atoms with van der Waals surface area (Å²) in [5.74, 6) is 0.856. The van der Waals surface area contributed by atoms with E-state index in [0.29, 0.717) is 0 Å². The molecule has 0 radical (unpaired) electrons. The van der Waals surface area contributed by atoms with Crippen molar-refractivity contribution < 1.29 is 4.74 Å². The first-order chi connectivity index (χ1) is 6.22. The zero-order chi connectivity index (χ0) is 9.42. The van der Waals surface area contributed by atoms with Gasteiger partial charge in [-0.25, -0.2) is 0 Å². The minimum Gasteiger partial charge on any atom is -0.495 e. The van der Waals surface area contributed by atoms with Crippen molar-refractivity contribution in [3.05, 3.63) is 28.4 Å². The molecular formula is C10H10BrNO. The molecule has 0 spiro atoms. The minimum absolute atomic E-state index is 0.856. The third-order valence-electron chi connectivity index (χ3n) is 2.16. The number of aromatic nitrogens is 1. The molecule has 2 rings (SSSR count). The van der Waals surface area contributed by atoms with Gasteiger partial charge in [0.1, 0.15) is 5.75 Å². The molecule has 2 aromatic rings. The first-order valence-electron chi connectivity index (χ1n) is 4.03. The molecule has 0 fully saturated rings. The summed E-state index contributed by atoms with van der Waals surface area (Å²) in [6.45, 7) is 2.08. The molecule has 0 aliphatic heterocycles. The van der Waals surface area contributed by atoms with Gasteiger partial charge in [0, 0.05) is 23.2 Å². The third-order valence-corrected chi connectivity index (χ3v) is 2.78. The van der Waals surface area contributed by atoms with Crippen molar-refractivity contribution in [2.45, 2.75) is 6.92 Å². The van der Waals surface area contributed by atoms with E-state index in [1.165, 1.54) is 10.9 Å². The van der Waals surface area contributed by atoms with E-state index in [2.05, 4.69) is 33.9 Å². The van der Waals surface area contributed by atoms with Crippen LogP contribution in [0.3, 0.4) is 0 Å². The standard InChI is InChI=1S/C10H10BrNO/c1-6-5-12-9-4-10(13-2)8(11)3-7(6)9/h3-5,12H,1-2H3. The van der Waals surface area contributed by atoms with Crippen LogP contribution in [-0.2, 0) is 0 Å². The topological polar surface area (TPSA) is 25.0 Å². The van der Waals surface area contributed by atoms with E-state index in [-0.39, 0.29) is 0 Å². The Hall–Kier alpha value is -0.960. The molecule has 0 aliphatic rings. The summed E-state index contributed by atoms with van der Waals surface area (Å²) in [7, 11) is 1.67. The zero-order valence-electron chi connectivity index (χ0n) is 7.52. The number of rotatable bonds is 1. The van der Waals surface area contributed by atoms with Gasteiger partial charge in [0.05, 0.1) is 11.6 Å². The number of aryl methyl sites for hydroxylation is 1. The average Bonchev–Trinajstić information content (AvgIpc) is 2.47. The lowest BCUT2D eigenvalue weighted by molar-refractivity contribution is 0.413. The predicted octanol–water partition coefficient (Wildman–Crippen LogP) is 3.25. The SMILES string of the molecule is COc1cc2[nH]cc(C)c2cc1Br. The van der Waals surface area contributed by atoms with Crippen molar-refractivity contribution in [2.24, 2.45) is 0 Å². The summed E-state index contributed by atoms with van der Waals surface area (Å²) in [4.78, 5) is 3.19. The second-order valence-corrected chi connectivity index (χ2v) is 3.86. The number of hydrogen-bond acceptors (Lipinski definition) is 1.